The first-order valence-electron chi connectivity index (χ1n) is 11.2. The van der Waals surface area contributed by atoms with E-state index in [1.807, 2.05) is 19.1 Å². The van der Waals surface area contributed by atoms with Gasteiger partial charge in [0.25, 0.3) is 0 Å². The number of carbonyl (C=O) groups is 1. The molecule has 9 heteroatoms. The van der Waals surface area contributed by atoms with Gasteiger partial charge in [-0.25, -0.2) is 9.67 Å². The summed E-state index contributed by atoms with van der Waals surface area (Å²) in [4.78, 5) is 21.5. The summed E-state index contributed by atoms with van der Waals surface area (Å²) in [6.07, 6.45) is 4.18. The van der Waals surface area contributed by atoms with Gasteiger partial charge < -0.3 is 15.7 Å². The second kappa shape index (κ2) is 8.68. The molecule has 0 saturated heterocycles. The summed E-state index contributed by atoms with van der Waals surface area (Å²) in [7, 11) is 1.68. The van der Waals surface area contributed by atoms with Crippen LogP contribution in [0.3, 0.4) is 0 Å². The van der Waals surface area contributed by atoms with Crippen LogP contribution in [0.2, 0.25) is 0 Å². The zero-order valence-electron chi connectivity index (χ0n) is 19.7. The van der Waals surface area contributed by atoms with Gasteiger partial charge in [-0.3, -0.25) is 4.79 Å². The smallest absolute Gasteiger partial charge is 0.225 e. The topological polar surface area (TPSA) is 105 Å². The zero-order chi connectivity index (χ0) is 24.0. The van der Waals surface area contributed by atoms with Crippen molar-refractivity contribution in [1.29, 1.82) is 0 Å². The number of hydrogen-bond donors (Lipinski definition) is 3. The van der Waals surface area contributed by atoms with E-state index in [1.165, 1.54) is 0 Å². The number of hydrogen-bond acceptors (Lipinski definition) is 6. The molecule has 4 rings (SSSR count). The Morgan fingerprint density at radius 2 is 2.09 bits per heavy atom. The number of aromatic nitrogens is 4. The Morgan fingerprint density at radius 1 is 1.33 bits per heavy atom. The highest BCUT2D eigenvalue weighted by Crippen LogP contribution is 2.39. The van der Waals surface area contributed by atoms with Crippen molar-refractivity contribution < 1.29 is 9.90 Å². The van der Waals surface area contributed by atoms with Gasteiger partial charge in [0, 0.05) is 24.7 Å². The average molecular weight is 515 g/mol. The second-order valence-electron chi connectivity index (χ2n) is 10.2. The van der Waals surface area contributed by atoms with Gasteiger partial charge in [-0.2, -0.15) is 10.1 Å². The Balaban J connectivity index is 1.70. The first-order chi connectivity index (χ1) is 15.5. The van der Waals surface area contributed by atoms with Crippen molar-refractivity contribution in [2.24, 2.45) is 5.41 Å². The highest BCUT2D eigenvalue weighted by Gasteiger charge is 2.41. The lowest BCUT2D eigenvalue weighted by Crippen LogP contribution is -2.35. The number of amides is 1. The highest BCUT2D eigenvalue weighted by molar-refractivity contribution is 9.10. The normalized spacial score (nSPS) is 20.9. The lowest BCUT2D eigenvalue weighted by Gasteiger charge is -2.22. The second-order valence-corrected chi connectivity index (χ2v) is 10.9. The minimum absolute atomic E-state index is 0.0507. The number of aliphatic hydroxyl groups excluding tert-OH is 1. The van der Waals surface area contributed by atoms with Crippen LogP contribution < -0.4 is 10.6 Å². The Hall–Kier alpha value is -2.52. The SMILES string of the molecule is CNC(=O)C1(C)CC[C@@H](Nc2ncc3c(Br)nn(-c4cc(CO)cc(C(C)(C)C)c4)c3n2)C1. The molecule has 1 aromatic carbocycles. The Bertz CT molecular complexity index is 1200. The van der Waals surface area contributed by atoms with Crippen molar-refractivity contribution in [3.8, 4) is 5.69 Å². The minimum atomic E-state index is -0.380. The van der Waals surface area contributed by atoms with Crippen LogP contribution in [0.25, 0.3) is 16.7 Å². The largest absolute Gasteiger partial charge is 0.392 e. The number of anilines is 1. The Kier molecular flexibility index (Phi) is 6.22. The quantitative estimate of drug-likeness (QED) is 0.473. The molecule has 3 aromatic rings. The van der Waals surface area contributed by atoms with Gasteiger partial charge >= 0.3 is 0 Å². The molecular weight excluding hydrogens is 484 g/mol. The van der Waals surface area contributed by atoms with Gasteiger partial charge in [-0.1, -0.05) is 33.8 Å². The van der Waals surface area contributed by atoms with Crippen LogP contribution in [0.15, 0.2) is 29.0 Å². The third-order valence-electron chi connectivity index (χ3n) is 6.50. The van der Waals surface area contributed by atoms with E-state index in [1.54, 1.807) is 17.9 Å². The molecule has 176 valence electrons. The molecule has 33 heavy (non-hydrogen) atoms. The van der Waals surface area contributed by atoms with E-state index in [-0.39, 0.29) is 29.4 Å². The summed E-state index contributed by atoms with van der Waals surface area (Å²) >= 11 is 3.53. The zero-order valence-corrected chi connectivity index (χ0v) is 21.3. The van der Waals surface area contributed by atoms with Gasteiger partial charge in [-0.05, 0) is 63.9 Å². The van der Waals surface area contributed by atoms with E-state index < -0.39 is 0 Å². The first kappa shape index (κ1) is 23.6. The Labute approximate surface area is 202 Å². The van der Waals surface area contributed by atoms with Crippen LogP contribution in [0.4, 0.5) is 5.95 Å². The molecule has 0 aliphatic heterocycles. The van der Waals surface area contributed by atoms with E-state index in [9.17, 15) is 9.90 Å². The number of fused-ring (bicyclic) bond motifs is 1. The molecule has 2 heterocycles. The van der Waals surface area contributed by atoms with Gasteiger partial charge in [0.2, 0.25) is 11.9 Å². The molecule has 1 aliphatic rings. The van der Waals surface area contributed by atoms with E-state index in [0.717, 1.165) is 41.5 Å². The maximum atomic E-state index is 12.3. The molecule has 1 amide bonds. The fraction of sp³-hybridized carbons (Fsp3) is 0.500. The van der Waals surface area contributed by atoms with Crippen molar-refractivity contribution in [3.05, 3.63) is 40.1 Å². The summed E-state index contributed by atoms with van der Waals surface area (Å²) in [5, 5.41) is 21.5. The fourth-order valence-corrected chi connectivity index (χ4v) is 4.93. The fourth-order valence-electron chi connectivity index (χ4n) is 4.49. The van der Waals surface area contributed by atoms with Crippen LogP contribution in [0, 0.1) is 5.41 Å². The lowest BCUT2D eigenvalue weighted by atomic mass is 9.86. The highest BCUT2D eigenvalue weighted by atomic mass is 79.9. The lowest BCUT2D eigenvalue weighted by molar-refractivity contribution is -0.129. The summed E-state index contributed by atoms with van der Waals surface area (Å²) < 4.78 is 2.44. The predicted molar refractivity (Wildman–Crippen MR) is 132 cm³/mol. The van der Waals surface area contributed by atoms with Gasteiger partial charge in [0.05, 0.1) is 17.7 Å². The first-order valence-corrected chi connectivity index (χ1v) is 12.0. The van der Waals surface area contributed by atoms with E-state index in [4.69, 9.17) is 4.98 Å². The van der Waals surface area contributed by atoms with Crippen molar-refractivity contribution in [1.82, 2.24) is 25.1 Å². The van der Waals surface area contributed by atoms with Gasteiger partial charge in [0.1, 0.15) is 4.60 Å². The van der Waals surface area contributed by atoms with Crippen molar-refractivity contribution in [3.63, 3.8) is 0 Å². The summed E-state index contributed by atoms with van der Waals surface area (Å²) in [5.41, 5.74) is 2.97. The number of nitrogens with zero attached hydrogens (tertiary/aromatic N) is 4. The van der Waals surface area contributed by atoms with E-state index in [0.29, 0.717) is 16.2 Å². The predicted octanol–water partition coefficient (Wildman–Crippen LogP) is 4.08. The maximum absolute atomic E-state index is 12.3. The third-order valence-corrected chi connectivity index (χ3v) is 7.09. The van der Waals surface area contributed by atoms with Crippen LogP contribution in [-0.4, -0.2) is 43.9 Å². The van der Waals surface area contributed by atoms with E-state index >= 15 is 0 Å². The van der Waals surface area contributed by atoms with Crippen LogP contribution in [0.1, 0.15) is 58.1 Å². The maximum Gasteiger partial charge on any atom is 0.225 e. The van der Waals surface area contributed by atoms with Crippen LogP contribution >= 0.6 is 15.9 Å². The van der Waals surface area contributed by atoms with Gasteiger partial charge in [0.15, 0.2) is 5.65 Å². The molecule has 3 N–H and O–H groups in total. The molecule has 8 nitrogen and oxygen atoms in total. The minimum Gasteiger partial charge on any atom is -0.392 e. The summed E-state index contributed by atoms with van der Waals surface area (Å²) in [5.74, 6) is 0.584. The van der Waals surface area contributed by atoms with E-state index in [2.05, 4.69) is 63.5 Å². The summed E-state index contributed by atoms with van der Waals surface area (Å²) in [6.45, 7) is 8.38. The molecular formula is C24H31BrN6O2. The molecule has 1 fully saturated rings. The molecule has 1 aliphatic carbocycles. The average Bonchev–Trinajstić information content (AvgIpc) is 3.32. The van der Waals surface area contributed by atoms with Crippen LogP contribution in [-0.2, 0) is 16.8 Å². The monoisotopic (exact) mass is 514 g/mol. The number of aliphatic hydroxyl groups is 1. The molecule has 1 unspecified atom stereocenters. The van der Waals surface area contributed by atoms with Crippen molar-refractivity contribution in [2.45, 2.75) is 65.0 Å². The molecule has 2 aromatic heterocycles. The number of nitrogens with one attached hydrogen (secondary N) is 2. The Morgan fingerprint density at radius 3 is 2.76 bits per heavy atom. The van der Waals surface area contributed by atoms with Crippen molar-refractivity contribution in [2.75, 3.05) is 12.4 Å². The van der Waals surface area contributed by atoms with Gasteiger partial charge in [-0.15, -0.1) is 0 Å². The summed E-state index contributed by atoms with van der Waals surface area (Å²) in [6, 6.07) is 6.15. The number of rotatable bonds is 5. The van der Waals surface area contributed by atoms with Crippen molar-refractivity contribution >= 4 is 38.8 Å². The molecule has 0 bridgehead atoms. The van der Waals surface area contributed by atoms with Crippen LogP contribution in [0.5, 0.6) is 0 Å². The molecule has 1 saturated carbocycles. The number of carbonyl (C=O) groups excluding carboxylic acids is 1. The molecule has 0 radical (unpaired) electrons. The molecule has 0 spiro atoms. The standard InChI is InChI=1S/C24H31BrN6O2/c1-23(2,3)15-8-14(13-32)9-17(10-15)31-20-18(19(25)30-31)12-27-22(29-20)28-16-6-7-24(4,11-16)21(33)26-5/h8-10,12,16,32H,6-7,11,13H2,1-5H3,(H,26,33)(H,27,28,29)/t16-,24?/m1/s1. The number of benzene rings is 1. The third kappa shape index (κ3) is 4.61. The number of halogens is 1. The molecule has 2 atom stereocenters.